The maximum atomic E-state index is 13.2. The molecule has 2 aromatic carbocycles. The van der Waals surface area contributed by atoms with Crippen molar-refractivity contribution in [3.63, 3.8) is 0 Å². The van der Waals surface area contributed by atoms with Crippen molar-refractivity contribution in [3.05, 3.63) is 84.3 Å². The SMILES string of the molecule is C=C1NC(=O)C=CN1C1OC(C(OC2OC(CN)C(O)C2O)C(C(N)=O)N(C)CCCC(=O)NCc2ccc(N3CCC(Oc4ccc(C)cc4)CC3)cc2)C(O)C1O. The number of anilines is 1. The standard InChI is InChI=1S/C41H57N7O11/c1-23-6-12-27(13-7-23)56-28-14-18-47(19-15-28)26-10-8-25(9-11-26)22-44-30(49)5-4-17-46(3)32(39(43)55)37(59-41-36(54)33(51)29(21-42)57-41)38-34(52)35(53)40(58-38)48-20-16-31(50)45-24(48)2/h6-13,16,20,28-29,32-38,40-41,51-54H,2,4-5,14-15,17-19,21-22,42H2,1,3H3,(H2,43,55)(H,44,49)(H,45,50). The summed E-state index contributed by atoms with van der Waals surface area (Å²) in [5.74, 6) is -0.622. The minimum absolute atomic E-state index is 0.0607. The van der Waals surface area contributed by atoms with Crippen molar-refractivity contribution < 1.29 is 53.8 Å². The summed E-state index contributed by atoms with van der Waals surface area (Å²) in [5.41, 5.74) is 14.9. The summed E-state index contributed by atoms with van der Waals surface area (Å²) in [5, 5.41) is 49.0. The molecule has 2 aromatic rings. The van der Waals surface area contributed by atoms with Crippen LogP contribution in [0.4, 0.5) is 5.69 Å². The van der Waals surface area contributed by atoms with Crippen LogP contribution < -0.4 is 31.7 Å². The number of ether oxygens (including phenoxy) is 4. The van der Waals surface area contributed by atoms with Crippen LogP contribution in [0.1, 0.15) is 36.8 Å². The van der Waals surface area contributed by atoms with Gasteiger partial charge in [0.2, 0.25) is 11.8 Å². The van der Waals surface area contributed by atoms with E-state index in [9.17, 15) is 34.8 Å². The Labute approximate surface area is 343 Å². The van der Waals surface area contributed by atoms with Crippen molar-refractivity contribution in [2.75, 3.05) is 38.1 Å². The Morgan fingerprint density at radius 2 is 1.71 bits per heavy atom. The lowest BCUT2D eigenvalue weighted by Crippen LogP contribution is -2.59. The number of carbonyl (C=O) groups is 3. The van der Waals surface area contributed by atoms with E-state index in [1.54, 1.807) is 7.05 Å². The number of likely N-dealkylation sites (N-methyl/N-ethyl adjacent to an activating group) is 1. The van der Waals surface area contributed by atoms with Crippen molar-refractivity contribution in [2.24, 2.45) is 11.5 Å². The maximum absolute atomic E-state index is 13.2. The van der Waals surface area contributed by atoms with Gasteiger partial charge in [-0.15, -0.1) is 0 Å². The smallest absolute Gasteiger partial charge is 0.250 e. The van der Waals surface area contributed by atoms with E-state index in [-0.39, 0.29) is 43.8 Å². The number of amides is 3. The first kappa shape index (κ1) is 43.9. The summed E-state index contributed by atoms with van der Waals surface area (Å²) >= 11 is 0. The molecule has 10 unspecified atom stereocenters. The van der Waals surface area contributed by atoms with E-state index in [2.05, 4.69) is 53.3 Å². The van der Waals surface area contributed by atoms with E-state index in [0.717, 1.165) is 42.9 Å². The zero-order chi connectivity index (χ0) is 42.4. The van der Waals surface area contributed by atoms with Gasteiger partial charge < -0.3 is 71.3 Å². The number of benzene rings is 2. The lowest BCUT2D eigenvalue weighted by atomic mass is 9.97. The van der Waals surface area contributed by atoms with Crippen molar-refractivity contribution in [3.8, 4) is 5.75 Å². The molecule has 3 saturated heterocycles. The van der Waals surface area contributed by atoms with Gasteiger partial charge in [-0.2, -0.15) is 0 Å². The molecule has 3 amide bonds. The number of hydrogen-bond donors (Lipinski definition) is 8. The van der Waals surface area contributed by atoms with Crippen LogP contribution in [0.3, 0.4) is 0 Å². The van der Waals surface area contributed by atoms with E-state index in [1.165, 1.54) is 27.6 Å². The number of nitrogens with zero attached hydrogens (tertiary/aromatic N) is 3. The molecule has 3 fully saturated rings. The molecule has 0 aromatic heterocycles. The van der Waals surface area contributed by atoms with Gasteiger partial charge in [0.05, 0.1) is 0 Å². The third-order valence-electron chi connectivity index (χ3n) is 11.2. The summed E-state index contributed by atoms with van der Waals surface area (Å²) in [7, 11) is 1.56. The van der Waals surface area contributed by atoms with Gasteiger partial charge in [0.15, 0.2) is 12.5 Å². The molecule has 6 rings (SSSR count). The van der Waals surface area contributed by atoms with Crippen LogP contribution in [-0.4, -0.2) is 149 Å². The number of carbonyl (C=O) groups excluding carboxylic acids is 3. The highest BCUT2D eigenvalue weighted by Gasteiger charge is 2.55. The summed E-state index contributed by atoms with van der Waals surface area (Å²) in [6, 6.07) is 14.8. The molecule has 4 aliphatic rings. The number of nitrogens with one attached hydrogen (secondary N) is 2. The van der Waals surface area contributed by atoms with E-state index in [4.69, 9.17) is 30.4 Å². The van der Waals surface area contributed by atoms with Gasteiger partial charge in [0.25, 0.3) is 5.91 Å². The minimum Gasteiger partial charge on any atom is -0.490 e. The topological polar surface area (TPSA) is 255 Å². The quantitative estimate of drug-likeness (QED) is 0.0941. The average Bonchev–Trinajstić information content (AvgIpc) is 3.66. The Balaban J connectivity index is 1.02. The second-order valence-corrected chi connectivity index (χ2v) is 15.5. The van der Waals surface area contributed by atoms with Gasteiger partial charge >= 0.3 is 0 Å². The molecular formula is C41H57N7O11. The summed E-state index contributed by atoms with van der Waals surface area (Å²) in [6.45, 7) is 7.90. The van der Waals surface area contributed by atoms with Crippen molar-refractivity contribution in [1.29, 1.82) is 0 Å². The summed E-state index contributed by atoms with van der Waals surface area (Å²) in [4.78, 5) is 43.1. The van der Waals surface area contributed by atoms with Crippen LogP contribution in [0, 0.1) is 6.92 Å². The second-order valence-electron chi connectivity index (χ2n) is 15.5. The Morgan fingerprint density at radius 3 is 2.34 bits per heavy atom. The van der Waals surface area contributed by atoms with Crippen LogP contribution in [0.25, 0.3) is 0 Å². The van der Waals surface area contributed by atoms with E-state index in [1.807, 2.05) is 24.3 Å². The molecule has 0 saturated carbocycles. The number of aliphatic hydroxyl groups excluding tert-OH is 4. The molecule has 59 heavy (non-hydrogen) atoms. The minimum atomic E-state index is -1.68. The Bertz CT molecular complexity index is 1790. The third-order valence-corrected chi connectivity index (χ3v) is 11.2. The summed E-state index contributed by atoms with van der Waals surface area (Å²) < 4.78 is 24.0. The number of aryl methyl sites for hydroxylation is 1. The van der Waals surface area contributed by atoms with Crippen molar-refractivity contribution in [1.82, 2.24) is 20.4 Å². The fraction of sp³-hybridized carbons (Fsp3) is 0.537. The molecule has 4 heterocycles. The number of hydrogen-bond acceptors (Lipinski definition) is 15. The highest BCUT2D eigenvalue weighted by molar-refractivity contribution is 5.89. The van der Waals surface area contributed by atoms with Crippen LogP contribution in [0.5, 0.6) is 5.75 Å². The van der Waals surface area contributed by atoms with Gasteiger partial charge in [-0.05, 0) is 56.8 Å². The van der Waals surface area contributed by atoms with Gasteiger partial charge in [-0.25, -0.2) is 0 Å². The molecule has 10 N–H and O–H groups in total. The lowest BCUT2D eigenvalue weighted by Gasteiger charge is -2.38. The molecule has 0 bridgehead atoms. The molecule has 0 radical (unpaired) electrons. The number of primary amides is 1. The molecule has 4 aliphatic heterocycles. The van der Waals surface area contributed by atoms with Crippen molar-refractivity contribution in [2.45, 2.75) is 107 Å². The zero-order valence-corrected chi connectivity index (χ0v) is 33.3. The normalized spacial score (nSPS) is 28.5. The van der Waals surface area contributed by atoms with Crippen molar-refractivity contribution >= 4 is 23.4 Å². The third kappa shape index (κ3) is 10.6. The Hall–Kier alpha value is -4.63. The van der Waals surface area contributed by atoms with Gasteiger partial charge in [0.1, 0.15) is 66.4 Å². The van der Waals surface area contributed by atoms with Crippen LogP contribution in [-0.2, 0) is 35.1 Å². The van der Waals surface area contributed by atoms with E-state index in [0.29, 0.717) is 6.54 Å². The Kier molecular flexibility index (Phi) is 14.6. The molecule has 0 aliphatic carbocycles. The first-order valence-corrected chi connectivity index (χ1v) is 19.9. The summed E-state index contributed by atoms with van der Waals surface area (Å²) in [6.07, 6.45) is -8.16. The highest BCUT2D eigenvalue weighted by Crippen LogP contribution is 2.34. The highest BCUT2D eigenvalue weighted by atomic mass is 16.7. The predicted octanol–water partition coefficient (Wildman–Crippen LogP) is -1.12. The maximum Gasteiger partial charge on any atom is 0.250 e. The predicted molar refractivity (Wildman–Crippen MR) is 214 cm³/mol. The molecular weight excluding hydrogens is 766 g/mol. The monoisotopic (exact) mass is 823 g/mol. The Morgan fingerprint density at radius 1 is 1.02 bits per heavy atom. The van der Waals surface area contributed by atoms with Gasteiger partial charge in [-0.1, -0.05) is 36.4 Å². The number of rotatable bonds is 17. The number of piperidine rings is 1. The number of aliphatic hydroxyl groups is 4. The average molecular weight is 824 g/mol. The first-order valence-electron chi connectivity index (χ1n) is 19.9. The number of nitrogens with two attached hydrogens (primary N) is 2. The van der Waals surface area contributed by atoms with Gasteiger partial charge in [0, 0.05) is 63.4 Å². The molecule has 322 valence electrons. The van der Waals surface area contributed by atoms with Crippen LogP contribution >= 0.6 is 0 Å². The van der Waals surface area contributed by atoms with E-state index >= 15 is 0 Å². The second kappa shape index (κ2) is 19.6. The first-order chi connectivity index (χ1) is 28.2. The fourth-order valence-corrected chi connectivity index (χ4v) is 7.83. The fourth-order valence-electron chi connectivity index (χ4n) is 7.83. The molecule has 18 nitrogen and oxygen atoms in total. The van der Waals surface area contributed by atoms with Crippen LogP contribution in [0.15, 0.2) is 73.2 Å². The van der Waals surface area contributed by atoms with Crippen LogP contribution in [0.2, 0.25) is 0 Å². The zero-order valence-electron chi connectivity index (χ0n) is 33.3. The van der Waals surface area contributed by atoms with E-state index < -0.39 is 73.1 Å². The molecule has 10 atom stereocenters. The molecule has 18 heteroatoms. The van der Waals surface area contributed by atoms with Gasteiger partial charge in [-0.3, -0.25) is 19.3 Å². The largest absolute Gasteiger partial charge is 0.490 e. The lowest BCUT2D eigenvalue weighted by molar-refractivity contribution is -0.232. The molecule has 0 spiro atoms.